The summed E-state index contributed by atoms with van der Waals surface area (Å²) in [4.78, 5) is 36.1. The van der Waals surface area contributed by atoms with Crippen molar-refractivity contribution < 1.29 is 24.2 Å². The molecule has 1 unspecified atom stereocenters. The molecule has 0 aliphatic rings. The first-order chi connectivity index (χ1) is 9.48. The van der Waals surface area contributed by atoms with E-state index in [4.69, 9.17) is 5.11 Å². The van der Waals surface area contributed by atoms with Crippen molar-refractivity contribution in [2.45, 2.75) is 52.6 Å². The minimum atomic E-state index is -1.11. The number of aliphatic carboxylic acids is 1. The Morgan fingerprint density at radius 1 is 1.24 bits per heavy atom. The van der Waals surface area contributed by atoms with Crippen LogP contribution in [-0.4, -0.2) is 53.2 Å². The van der Waals surface area contributed by atoms with E-state index in [9.17, 15) is 14.4 Å². The van der Waals surface area contributed by atoms with Crippen molar-refractivity contribution in [1.82, 2.24) is 10.2 Å². The van der Waals surface area contributed by atoms with Crippen LogP contribution < -0.4 is 5.32 Å². The van der Waals surface area contributed by atoms with Gasteiger partial charge in [0, 0.05) is 5.54 Å². The highest BCUT2D eigenvalue weighted by Gasteiger charge is 2.31. The number of amides is 2. The molecule has 0 spiro atoms. The van der Waals surface area contributed by atoms with E-state index >= 15 is 0 Å². The monoisotopic (exact) mass is 302 g/mol. The fourth-order valence-corrected chi connectivity index (χ4v) is 1.80. The number of methoxy groups -OCH3 is 1. The molecule has 21 heavy (non-hydrogen) atoms. The Kier molecular flexibility index (Phi) is 7.18. The number of esters is 1. The van der Waals surface area contributed by atoms with Gasteiger partial charge in [-0.2, -0.15) is 0 Å². The Morgan fingerprint density at radius 2 is 1.76 bits per heavy atom. The van der Waals surface area contributed by atoms with E-state index < -0.39 is 36.1 Å². The summed E-state index contributed by atoms with van der Waals surface area (Å²) in [5, 5.41) is 11.5. The molecule has 7 heteroatoms. The number of urea groups is 1. The van der Waals surface area contributed by atoms with E-state index in [0.717, 1.165) is 0 Å². The number of carboxylic acid groups (broad SMARTS) is 1. The van der Waals surface area contributed by atoms with Crippen LogP contribution in [0.3, 0.4) is 0 Å². The van der Waals surface area contributed by atoms with E-state index in [-0.39, 0.29) is 5.92 Å². The molecule has 2 N–H and O–H groups in total. The molecule has 1 atom stereocenters. The maximum absolute atomic E-state index is 12.3. The highest BCUT2D eigenvalue weighted by atomic mass is 16.5. The van der Waals surface area contributed by atoms with Gasteiger partial charge in [-0.1, -0.05) is 13.8 Å². The fourth-order valence-electron chi connectivity index (χ4n) is 1.80. The molecule has 0 aliphatic heterocycles. The average Bonchev–Trinajstić information content (AvgIpc) is 2.31. The van der Waals surface area contributed by atoms with Crippen LogP contribution in [0.1, 0.15) is 41.0 Å². The van der Waals surface area contributed by atoms with Crippen molar-refractivity contribution in [1.29, 1.82) is 0 Å². The number of nitrogens with zero attached hydrogens (tertiary/aromatic N) is 1. The lowest BCUT2D eigenvalue weighted by Gasteiger charge is -2.35. The van der Waals surface area contributed by atoms with E-state index in [1.807, 2.05) is 13.8 Å². The predicted molar refractivity (Wildman–Crippen MR) is 77.9 cm³/mol. The molecule has 0 radical (unpaired) electrons. The van der Waals surface area contributed by atoms with E-state index in [1.54, 1.807) is 20.8 Å². The van der Waals surface area contributed by atoms with Crippen LogP contribution in [0.5, 0.6) is 0 Å². The lowest BCUT2D eigenvalue weighted by molar-refractivity contribution is -0.143. The van der Waals surface area contributed by atoms with Crippen molar-refractivity contribution >= 4 is 18.0 Å². The van der Waals surface area contributed by atoms with Crippen LogP contribution >= 0.6 is 0 Å². The summed E-state index contributed by atoms with van der Waals surface area (Å²) in [6, 6.07) is -1.39. The zero-order valence-corrected chi connectivity index (χ0v) is 13.6. The van der Waals surface area contributed by atoms with Crippen LogP contribution in [0.15, 0.2) is 0 Å². The van der Waals surface area contributed by atoms with Crippen LogP contribution in [0.25, 0.3) is 0 Å². The molecule has 0 aromatic rings. The molecule has 0 saturated carbocycles. The van der Waals surface area contributed by atoms with Gasteiger partial charge in [0.25, 0.3) is 0 Å². The third-order valence-electron chi connectivity index (χ3n) is 2.84. The lowest BCUT2D eigenvalue weighted by atomic mass is 10.0. The maximum atomic E-state index is 12.3. The maximum Gasteiger partial charge on any atom is 0.328 e. The van der Waals surface area contributed by atoms with Crippen LogP contribution in [0.2, 0.25) is 0 Å². The van der Waals surface area contributed by atoms with Crippen LogP contribution in [0, 0.1) is 5.92 Å². The molecule has 122 valence electrons. The van der Waals surface area contributed by atoms with Gasteiger partial charge in [-0.25, -0.2) is 9.59 Å². The zero-order chi connectivity index (χ0) is 16.8. The smallest absolute Gasteiger partial charge is 0.328 e. The first kappa shape index (κ1) is 19.2. The molecule has 0 fully saturated rings. The van der Waals surface area contributed by atoms with Crippen LogP contribution in [-0.2, 0) is 14.3 Å². The van der Waals surface area contributed by atoms with E-state index in [1.165, 1.54) is 12.0 Å². The Labute approximate surface area is 125 Å². The summed E-state index contributed by atoms with van der Waals surface area (Å²) < 4.78 is 4.67. The molecule has 0 aromatic carbocycles. The summed E-state index contributed by atoms with van der Waals surface area (Å²) in [5.74, 6) is -1.48. The third kappa shape index (κ3) is 6.97. The molecule has 0 aromatic heterocycles. The second kappa shape index (κ2) is 7.85. The standard InChI is InChI=1S/C14H26N2O5/c1-9(2)7-10(12(19)21-6)15-13(20)16(8-11(17)18)14(3,4)5/h9-10H,7-8H2,1-6H3,(H,15,20)(H,17,18). The van der Waals surface area contributed by atoms with Crippen molar-refractivity contribution in [3.63, 3.8) is 0 Å². The molecule has 7 nitrogen and oxygen atoms in total. The minimum Gasteiger partial charge on any atom is -0.480 e. The van der Waals surface area contributed by atoms with Gasteiger partial charge in [-0.05, 0) is 33.1 Å². The van der Waals surface area contributed by atoms with Crippen LogP contribution in [0.4, 0.5) is 4.79 Å². The first-order valence-corrected chi connectivity index (χ1v) is 6.86. The van der Waals surface area contributed by atoms with Crippen molar-refractivity contribution in [2.24, 2.45) is 5.92 Å². The average molecular weight is 302 g/mol. The van der Waals surface area contributed by atoms with E-state index in [2.05, 4.69) is 10.1 Å². The van der Waals surface area contributed by atoms with Gasteiger partial charge in [0.2, 0.25) is 0 Å². The molecule has 2 amide bonds. The molecule has 0 saturated heterocycles. The predicted octanol–water partition coefficient (Wildman–Crippen LogP) is 1.47. The number of carbonyl (C=O) groups is 3. The second-order valence-electron chi connectivity index (χ2n) is 6.31. The van der Waals surface area contributed by atoms with E-state index in [0.29, 0.717) is 6.42 Å². The van der Waals surface area contributed by atoms with Gasteiger partial charge in [0.05, 0.1) is 7.11 Å². The van der Waals surface area contributed by atoms with Gasteiger partial charge >= 0.3 is 18.0 Å². The normalized spacial score (nSPS) is 12.7. The minimum absolute atomic E-state index is 0.178. The number of rotatable bonds is 6. The lowest BCUT2D eigenvalue weighted by Crippen LogP contribution is -2.56. The van der Waals surface area contributed by atoms with Crippen molar-refractivity contribution in [2.75, 3.05) is 13.7 Å². The third-order valence-corrected chi connectivity index (χ3v) is 2.84. The topological polar surface area (TPSA) is 95.9 Å². The second-order valence-corrected chi connectivity index (χ2v) is 6.31. The summed E-state index contributed by atoms with van der Waals surface area (Å²) in [7, 11) is 1.25. The molecular weight excluding hydrogens is 276 g/mol. The van der Waals surface area contributed by atoms with Gasteiger partial charge in [0.15, 0.2) is 0 Å². The van der Waals surface area contributed by atoms with Crippen molar-refractivity contribution in [3.05, 3.63) is 0 Å². The zero-order valence-electron chi connectivity index (χ0n) is 13.6. The highest BCUT2D eigenvalue weighted by molar-refractivity contribution is 5.85. The molecular formula is C14H26N2O5. The summed E-state index contributed by atoms with van der Waals surface area (Å²) in [6.07, 6.45) is 0.420. The Balaban J connectivity index is 5.06. The number of hydrogen-bond acceptors (Lipinski definition) is 4. The van der Waals surface area contributed by atoms with Gasteiger partial charge in [-0.3, -0.25) is 4.79 Å². The van der Waals surface area contributed by atoms with Gasteiger partial charge in [0.1, 0.15) is 12.6 Å². The molecule has 0 rings (SSSR count). The SMILES string of the molecule is COC(=O)C(CC(C)C)NC(=O)N(CC(=O)O)C(C)(C)C. The summed E-state index contributed by atoms with van der Waals surface area (Å²) in [5.41, 5.74) is -0.680. The highest BCUT2D eigenvalue weighted by Crippen LogP contribution is 2.14. The molecule has 0 heterocycles. The Hall–Kier alpha value is -1.79. The molecule has 0 aliphatic carbocycles. The number of carbonyl (C=O) groups excluding carboxylic acids is 2. The first-order valence-electron chi connectivity index (χ1n) is 6.86. The fraction of sp³-hybridized carbons (Fsp3) is 0.786. The quantitative estimate of drug-likeness (QED) is 0.724. The number of nitrogens with one attached hydrogen (secondary N) is 1. The number of ether oxygens (including phenoxy) is 1. The molecule has 0 bridgehead atoms. The summed E-state index contributed by atoms with van der Waals surface area (Å²) in [6.45, 7) is 8.58. The Morgan fingerprint density at radius 3 is 2.10 bits per heavy atom. The Bertz CT molecular complexity index is 387. The van der Waals surface area contributed by atoms with Gasteiger partial charge < -0.3 is 20.1 Å². The van der Waals surface area contributed by atoms with Crippen molar-refractivity contribution in [3.8, 4) is 0 Å². The largest absolute Gasteiger partial charge is 0.480 e. The number of carboxylic acids is 1. The van der Waals surface area contributed by atoms with Gasteiger partial charge in [-0.15, -0.1) is 0 Å². The summed E-state index contributed by atoms with van der Waals surface area (Å²) >= 11 is 0. The number of hydrogen-bond donors (Lipinski definition) is 2.